The average molecular weight is 319 g/mol. The van der Waals surface area contributed by atoms with Crippen LogP contribution in [0.1, 0.15) is 36.6 Å². The Morgan fingerprint density at radius 2 is 2.13 bits per heavy atom. The van der Waals surface area contributed by atoms with Crippen LogP contribution in [0, 0.1) is 11.6 Å². The molecular weight excluding hydrogens is 300 g/mol. The predicted octanol–water partition coefficient (Wildman–Crippen LogP) is 3.11. The predicted molar refractivity (Wildman–Crippen MR) is 82.3 cm³/mol. The van der Waals surface area contributed by atoms with Crippen LogP contribution in [0.15, 0.2) is 12.1 Å². The molecule has 0 saturated carbocycles. The summed E-state index contributed by atoms with van der Waals surface area (Å²) in [5, 5.41) is 8.26. The maximum atomic E-state index is 13.9. The summed E-state index contributed by atoms with van der Waals surface area (Å²) < 4.78 is 34.4. The topological polar surface area (TPSA) is 39.1 Å². The van der Waals surface area contributed by atoms with Crippen molar-refractivity contribution in [2.45, 2.75) is 37.8 Å². The highest BCUT2D eigenvalue weighted by Gasteiger charge is 2.34. The second-order valence-corrected chi connectivity index (χ2v) is 6.36. The normalized spacial score (nSPS) is 22.8. The fraction of sp³-hybridized carbons (Fsp3) is 0.471. The van der Waals surface area contributed by atoms with Crippen molar-refractivity contribution >= 4 is 0 Å². The van der Waals surface area contributed by atoms with Crippen molar-refractivity contribution in [2.75, 3.05) is 7.11 Å². The van der Waals surface area contributed by atoms with E-state index in [1.54, 1.807) is 10.7 Å². The van der Waals surface area contributed by atoms with Crippen molar-refractivity contribution < 1.29 is 13.5 Å². The van der Waals surface area contributed by atoms with E-state index in [-0.39, 0.29) is 11.8 Å². The molecule has 0 unspecified atom stereocenters. The van der Waals surface area contributed by atoms with Gasteiger partial charge in [0.05, 0.1) is 24.5 Å². The van der Waals surface area contributed by atoms with Gasteiger partial charge in [0.2, 0.25) is 5.82 Å². The number of rotatable bonds is 2. The number of ether oxygens (including phenoxy) is 1. The molecule has 2 aliphatic rings. The second-order valence-electron chi connectivity index (χ2n) is 6.36. The van der Waals surface area contributed by atoms with E-state index in [9.17, 15) is 8.78 Å². The van der Waals surface area contributed by atoms with E-state index in [1.165, 1.54) is 19.6 Å². The Kier molecular flexibility index (Phi) is 3.37. The fourth-order valence-electron chi connectivity index (χ4n) is 3.92. The molecule has 23 heavy (non-hydrogen) atoms. The highest BCUT2D eigenvalue weighted by molar-refractivity contribution is 5.67. The number of hydrogen-bond acceptors (Lipinski definition) is 3. The average Bonchev–Trinajstić information content (AvgIpc) is 2.87. The molecular formula is C17H19F2N3O. The zero-order chi connectivity index (χ0) is 16.1. The van der Waals surface area contributed by atoms with Crippen molar-refractivity contribution in [1.82, 2.24) is 15.1 Å². The molecule has 122 valence electrons. The molecule has 1 N–H and O–H groups in total. The zero-order valence-electron chi connectivity index (χ0n) is 13.2. The third-order valence-corrected chi connectivity index (χ3v) is 4.93. The number of nitrogens with zero attached hydrogens (tertiary/aromatic N) is 2. The molecule has 2 bridgehead atoms. The van der Waals surface area contributed by atoms with Crippen LogP contribution >= 0.6 is 0 Å². The van der Waals surface area contributed by atoms with Gasteiger partial charge in [-0.1, -0.05) is 0 Å². The van der Waals surface area contributed by atoms with E-state index in [2.05, 4.69) is 10.4 Å². The number of benzene rings is 1. The quantitative estimate of drug-likeness (QED) is 0.924. The van der Waals surface area contributed by atoms with Gasteiger partial charge in [0, 0.05) is 24.2 Å². The highest BCUT2D eigenvalue weighted by Crippen LogP contribution is 2.39. The first kappa shape index (κ1) is 14.6. The Labute approximate surface area is 133 Å². The third kappa shape index (κ3) is 2.24. The molecule has 2 atom stereocenters. The number of nitrogens with one attached hydrogen (secondary N) is 1. The maximum Gasteiger partial charge on any atom is 0.200 e. The van der Waals surface area contributed by atoms with Crippen molar-refractivity contribution in [3.8, 4) is 17.0 Å². The summed E-state index contributed by atoms with van der Waals surface area (Å²) in [5.74, 6) is -1.93. The molecule has 4 nitrogen and oxygen atoms in total. The standard InChI is InChI=1S/C17H19F2N3O/c1-22-17(9-6-12(18)15(19)14(7-9)23-2)11-8-10-4-3-5-13(20-10)16(11)21-22/h6-7,10,13,20H,3-5,8H2,1-2H3/t10-,13+/m0/s1. The largest absolute Gasteiger partial charge is 0.494 e. The second kappa shape index (κ2) is 5.30. The van der Waals surface area contributed by atoms with E-state index < -0.39 is 11.6 Å². The Morgan fingerprint density at radius 1 is 1.30 bits per heavy atom. The summed E-state index contributed by atoms with van der Waals surface area (Å²) in [7, 11) is 3.19. The molecule has 6 heteroatoms. The molecule has 0 spiro atoms. The molecule has 3 heterocycles. The van der Waals surface area contributed by atoms with Gasteiger partial charge in [-0.15, -0.1) is 0 Å². The SMILES string of the molecule is COc1cc(-c2c3c(nn2C)[C@H]2CCC[C@@H](C3)N2)cc(F)c1F. The lowest BCUT2D eigenvalue weighted by atomic mass is 9.84. The van der Waals surface area contributed by atoms with Gasteiger partial charge in [0.15, 0.2) is 11.6 Å². The first-order valence-electron chi connectivity index (χ1n) is 7.93. The first-order chi connectivity index (χ1) is 11.1. The minimum absolute atomic E-state index is 0.0796. The Morgan fingerprint density at radius 3 is 2.91 bits per heavy atom. The summed E-state index contributed by atoms with van der Waals surface area (Å²) in [4.78, 5) is 0. The zero-order valence-corrected chi connectivity index (χ0v) is 13.2. The summed E-state index contributed by atoms with van der Waals surface area (Å²) >= 11 is 0. The lowest BCUT2D eigenvalue weighted by molar-refractivity contribution is 0.297. The number of aryl methyl sites for hydroxylation is 1. The minimum Gasteiger partial charge on any atom is -0.494 e. The van der Waals surface area contributed by atoms with E-state index in [0.717, 1.165) is 36.2 Å². The number of piperidine rings is 1. The number of hydrogen-bond donors (Lipinski definition) is 1. The monoisotopic (exact) mass is 319 g/mol. The highest BCUT2D eigenvalue weighted by atomic mass is 19.2. The van der Waals surface area contributed by atoms with Gasteiger partial charge in [-0.3, -0.25) is 4.68 Å². The van der Waals surface area contributed by atoms with E-state index in [1.807, 2.05) is 7.05 Å². The third-order valence-electron chi connectivity index (χ3n) is 4.93. The maximum absolute atomic E-state index is 13.9. The van der Waals surface area contributed by atoms with E-state index in [4.69, 9.17) is 4.74 Å². The summed E-state index contributed by atoms with van der Waals surface area (Å²) in [6.45, 7) is 0. The molecule has 2 aliphatic heterocycles. The van der Waals surface area contributed by atoms with Crippen LogP contribution in [0.4, 0.5) is 8.78 Å². The number of fused-ring (bicyclic) bond motifs is 4. The molecule has 0 radical (unpaired) electrons. The van der Waals surface area contributed by atoms with Crippen LogP contribution in [-0.4, -0.2) is 22.9 Å². The van der Waals surface area contributed by atoms with Crippen LogP contribution < -0.4 is 10.1 Å². The summed E-state index contributed by atoms with van der Waals surface area (Å²) in [6.07, 6.45) is 4.29. The van der Waals surface area contributed by atoms with Gasteiger partial charge in [0.1, 0.15) is 0 Å². The van der Waals surface area contributed by atoms with E-state index >= 15 is 0 Å². The summed E-state index contributed by atoms with van der Waals surface area (Å²) in [6, 6.07) is 3.49. The lowest BCUT2D eigenvalue weighted by Gasteiger charge is -2.35. The Balaban J connectivity index is 1.88. The van der Waals surface area contributed by atoms with Gasteiger partial charge in [-0.05, 0) is 37.8 Å². The molecule has 2 aromatic rings. The summed E-state index contributed by atoms with van der Waals surface area (Å²) in [5.41, 5.74) is 3.66. The van der Waals surface area contributed by atoms with Gasteiger partial charge in [-0.2, -0.15) is 9.49 Å². The minimum atomic E-state index is -0.953. The molecule has 1 aromatic carbocycles. The Bertz CT molecular complexity index is 772. The smallest absolute Gasteiger partial charge is 0.200 e. The van der Waals surface area contributed by atoms with Crippen LogP contribution in [0.3, 0.4) is 0 Å². The van der Waals surface area contributed by atoms with Gasteiger partial charge in [-0.25, -0.2) is 4.39 Å². The first-order valence-corrected chi connectivity index (χ1v) is 7.93. The van der Waals surface area contributed by atoms with Crippen LogP contribution in [0.25, 0.3) is 11.3 Å². The van der Waals surface area contributed by atoms with E-state index in [0.29, 0.717) is 11.6 Å². The number of aromatic nitrogens is 2. The van der Waals surface area contributed by atoms with Crippen LogP contribution in [-0.2, 0) is 13.5 Å². The van der Waals surface area contributed by atoms with Crippen molar-refractivity contribution in [3.05, 3.63) is 35.0 Å². The molecule has 1 saturated heterocycles. The van der Waals surface area contributed by atoms with Gasteiger partial charge >= 0.3 is 0 Å². The molecule has 0 aliphatic carbocycles. The van der Waals surface area contributed by atoms with Gasteiger partial charge in [0.25, 0.3) is 0 Å². The van der Waals surface area contributed by atoms with Gasteiger partial charge < -0.3 is 10.1 Å². The fourth-order valence-corrected chi connectivity index (χ4v) is 3.92. The number of methoxy groups -OCH3 is 1. The molecule has 0 amide bonds. The molecule has 1 fully saturated rings. The molecule has 1 aromatic heterocycles. The van der Waals surface area contributed by atoms with Crippen molar-refractivity contribution in [2.24, 2.45) is 7.05 Å². The number of halogens is 2. The molecule has 4 rings (SSSR count). The van der Waals surface area contributed by atoms with Crippen molar-refractivity contribution in [3.63, 3.8) is 0 Å². The van der Waals surface area contributed by atoms with Crippen LogP contribution in [0.5, 0.6) is 5.75 Å². The Hall–Kier alpha value is -1.95. The lowest BCUT2D eigenvalue weighted by Crippen LogP contribution is -2.42. The van der Waals surface area contributed by atoms with Crippen molar-refractivity contribution in [1.29, 1.82) is 0 Å². The van der Waals surface area contributed by atoms with Crippen LogP contribution in [0.2, 0.25) is 0 Å².